The van der Waals surface area contributed by atoms with Gasteiger partial charge in [0.1, 0.15) is 0 Å². The lowest BCUT2D eigenvalue weighted by molar-refractivity contribution is 0.299. The Balaban J connectivity index is 1.72. The molecule has 0 saturated carbocycles. The van der Waals surface area contributed by atoms with Gasteiger partial charge in [-0.15, -0.1) is 11.3 Å². The number of aliphatic hydroxyl groups excluding tert-OH is 1. The molecule has 3 rings (SSSR count). The Kier molecular flexibility index (Phi) is 3.78. The molecule has 0 amide bonds. The molecule has 2 nitrogen and oxygen atoms in total. The maximum absolute atomic E-state index is 8.90. The summed E-state index contributed by atoms with van der Waals surface area (Å²) in [4.78, 5) is 1.42. The number of halogens is 1. The van der Waals surface area contributed by atoms with E-state index in [1.807, 2.05) is 0 Å². The van der Waals surface area contributed by atoms with Gasteiger partial charge in [0.05, 0.1) is 10.4 Å². The standard InChI is InChI=1S/C15H16ClNOS/c16-15-9-12-13(5-6-14(12)19-15)17-11-3-1-10(2-4-11)7-8-18/h1-4,9,13,17-18H,5-8H2. The van der Waals surface area contributed by atoms with Crippen LogP contribution in [0.1, 0.15) is 28.5 Å². The van der Waals surface area contributed by atoms with E-state index in [9.17, 15) is 0 Å². The maximum atomic E-state index is 8.90. The predicted molar refractivity (Wildman–Crippen MR) is 81.2 cm³/mol. The second-order valence-corrected chi connectivity index (χ2v) is 6.60. The molecule has 1 heterocycles. The molecule has 0 bridgehead atoms. The van der Waals surface area contributed by atoms with Crippen molar-refractivity contribution in [2.75, 3.05) is 11.9 Å². The maximum Gasteiger partial charge on any atom is 0.0934 e. The van der Waals surface area contributed by atoms with Crippen molar-refractivity contribution in [2.24, 2.45) is 0 Å². The van der Waals surface area contributed by atoms with Gasteiger partial charge < -0.3 is 10.4 Å². The second-order valence-electron chi connectivity index (χ2n) is 4.84. The van der Waals surface area contributed by atoms with Crippen molar-refractivity contribution in [1.82, 2.24) is 0 Å². The summed E-state index contributed by atoms with van der Waals surface area (Å²) in [6.45, 7) is 0.201. The smallest absolute Gasteiger partial charge is 0.0934 e. The van der Waals surface area contributed by atoms with Crippen molar-refractivity contribution in [3.05, 3.63) is 50.7 Å². The molecule has 19 heavy (non-hydrogen) atoms. The molecule has 0 aliphatic heterocycles. The highest BCUT2D eigenvalue weighted by Crippen LogP contribution is 2.40. The molecule has 2 N–H and O–H groups in total. The van der Waals surface area contributed by atoms with E-state index in [1.54, 1.807) is 11.3 Å². The van der Waals surface area contributed by atoms with E-state index in [1.165, 1.54) is 16.0 Å². The largest absolute Gasteiger partial charge is 0.396 e. The second kappa shape index (κ2) is 5.53. The van der Waals surface area contributed by atoms with Crippen LogP contribution in [-0.4, -0.2) is 11.7 Å². The fraction of sp³-hybridized carbons (Fsp3) is 0.333. The molecule has 100 valence electrons. The molecule has 1 unspecified atom stereocenters. The lowest BCUT2D eigenvalue weighted by Gasteiger charge is -2.14. The number of hydrogen-bond acceptors (Lipinski definition) is 3. The third kappa shape index (κ3) is 2.78. The van der Waals surface area contributed by atoms with Crippen LogP contribution in [0.3, 0.4) is 0 Å². The van der Waals surface area contributed by atoms with Crippen LogP contribution in [-0.2, 0) is 12.8 Å². The number of fused-ring (bicyclic) bond motifs is 1. The van der Waals surface area contributed by atoms with Crippen molar-refractivity contribution in [3.63, 3.8) is 0 Å². The molecule has 1 aliphatic carbocycles. The van der Waals surface area contributed by atoms with Crippen LogP contribution in [0, 0.1) is 0 Å². The Hall–Kier alpha value is -1.03. The zero-order valence-corrected chi connectivity index (χ0v) is 12.1. The summed E-state index contributed by atoms with van der Waals surface area (Å²) in [6, 6.07) is 10.8. The molecular formula is C15H16ClNOS. The van der Waals surface area contributed by atoms with Gasteiger partial charge in [0.2, 0.25) is 0 Å². The van der Waals surface area contributed by atoms with Crippen LogP contribution < -0.4 is 5.32 Å². The number of rotatable bonds is 4. The van der Waals surface area contributed by atoms with E-state index in [2.05, 4.69) is 35.6 Å². The van der Waals surface area contributed by atoms with Crippen molar-refractivity contribution >= 4 is 28.6 Å². The van der Waals surface area contributed by atoms with Crippen LogP contribution >= 0.6 is 22.9 Å². The van der Waals surface area contributed by atoms with E-state index in [0.29, 0.717) is 12.5 Å². The highest BCUT2D eigenvalue weighted by atomic mass is 35.5. The topological polar surface area (TPSA) is 32.3 Å². The van der Waals surface area contributed by atoms with E-state index >= 15 is 0 Å². The minimum absolute atomic E-state index is 0.201. The average Bonchev–Trinajstić information content (AvgIpc) is 2.93. The van der Waals surface area contributed by atoms with Crippen molar-refractivity contribution in [1.29, 1.82) is 0 Å². The number of aliphatic hydroxyl groups is 1. The molecule has 2 aromatic rings. The lowest BCUT2D eigenvalue weighted by atomic mass is 10.1. The van der Waals surface area contributed by atoms with Gasteiger partial charge in [0.15, 0.2) is 0 Å². The Morgan fingerprint density at radius 2 is 2.11 bits per heavy atom. The van der Waals surface area contributed by atoms with Crippen LogP contribution in [0.4, 0.5) is 5.69 Å². The molecule has 0 spiro atoms. The lowest BCUT2D eigenvalue weighted by Crippen LogP contribution is -2.06. The molecular weight excluding hydrogens is 278 g/mol. The number of anilines is 1. The zero-order valence-electron chi connectivity index (χ0n) is 10.5. The van der Waals surface area contributed by atoms with Gasteiger partial charge in [-0.05, 0) is 48.6 Å². The van der Waals surface area contributed by atoms with Gasteiger partial charge in [0.25, 0.3) is 0 Å². The molecule has 0 fully saturated rings. The first-order chi connectivity index (χ1) is 9.26. The summed E-state index contributed by atoms with van der Waals surface area (Å²) < 4.78 is 0.884. The first-order valence-corrected chi connectivity index (χ1v) is 7.70. The molecule has 1 atom stereocenters. The number of benzene rings is 1. The van der Waals surface area contributed by atoms with Gasteiger partial charge in [-0.2, -0.15) is 0 Å². The fourth-order valence-corrected chi connectivity index (χ4v) is 3.94. The van der Waals surface area contributed by atoms with Crippen LogP contribution in [0.15, 0.2) is 30.3 Å². The SMILES string of the molecule is OCCc1ccc(NC2CCc3sc(Cl)cc32)cc1. The Bertz CT molecular complexity index is 564. The van der Waals surface area contributed by atoms with E-state index in [4.69, 9.17) is 16.7 Å². The summed E-state index contributed by atoms with van der Waals surface area (Å²) >= 11 is 7.77. The molecule has 4 heteroatoms. The van der Waals surface area contributed by atoms with Gasteiger partial charge in [-0.1, -0.05) is 23.7 Å². The Morgan fingerprint density at radius 3 is 2.84 bits per heavy atom. The highest BCUT2D eigenvalue weighted by Gasteiger charge is 2.24. The molecule has 0 radical (unpaired) electrons. The van der Waals surface area contributed by atoms with Gasteiger partial charge in [-0.3, -0.25) is 0 Å². The number of thiophene rings is 1. The number of hydrogen-bond donors (Lipinski definition) is 2. The van der Waals surface area contributed by atoms with Crippen molar-refractivity contribution < 1.29 is 5.11 Å². The summed E-state index contributed by atoms with van der Waals surface area (Å²) in [5.41, 5.74) is 3.65. The van der Waals surface area contributed by atoms with Crippen LogP contribution in [0.5, 0.6) is 0 Å². The minimum atomic E-state index is 0.201. The zero-order chi connectivity index (χ0) is 13.2. The van der Waals surface area contributed by atoms with E-state index < -0.39 is 0 Å². The summed E-state index contributed by atoms with van der Waals surface area (Å²) in [5.74, 6) is 0. The van der Waals surface area contributed by atoms with Crippen molar-refractivity contribution in [2.45, 2.75) is 25.3 Å². The Labute approximate surface area is 122 Å². The Morgan fingerprint density at radius 1 is 1.32 bits per heavy atom. The molecule has 1 aliphatic rings. The molecule has 1 aromatic carbocycles. The highest BCUT2D eigenvalue weighted by molar-refractivity contribution is 7.16. The number of aryl methyl sites for hydroxylation is 1. The van der Waals surface area contributed by atoms with Gasteiger partial charge in [0, 0.05) is 17.2 Å². The monoisotopic (exact) mass is 293 g/mol. The number of nitrogens with one attached hydrogen (secondary N) is 1. The fourth-order valence-electron chi connectivity index (χ4n) is 2.58. The third-order valence-corrected chi connectivity index (χ3v) is 4.88. The normalized spacial score (nSPS) is 17.5. The average molecular weight is 294 g/mol. The summed E-state index contributed by atoms with van der Waals surface area (Å²) in [7, 11) is 0. The predicted octanol–water partition coefficient (Wildman–Crippen LogP) is 4.04. The van der Waals surface area contributed by atoms with Crippen molar-refractivity contribution in [3.8, 4) is 0 Å². The summed E-state index contributed by atoms with van der Waals surface area (Å²) in [6.07, 6.45) is 2.97. The van der Waals surface area contributed by atoms with Gasteiger partial charge in [-0.25, -0.2) is 0 Å². The molecule has 0 saturated heterocycles. The summed E-state index contributed by atoms with van der Waals surface area (Å²) in [5, 5.41) is 12.5. The van der Waals surface area contributed by atoms with E-state index in [-0.39, 0.29) is 6.61 Å². The molecule has 1 aromatic heterocycles. The first kappa shape index (κ1) is 13.0. The minimum Gasteiger partial charge on any atom is -0.396 e. The van der Waals surface area contributed by atoms with Crippen LogP contribution in [0.25, 0.3) is 0 Å². The van der Waals surface area contributed by atoms with Gasteiger partial charge >= 0.3 is 0 Å². The van der Waals surface area contributed by atoms with E-state index in [0.717, 1.165) is 22.9 Å². The first-order valence-electron chi connectivity index (χ1n) is 6.50. The third-order valence-electron chi connectivity index (χ3n) is 3.54. The van der Waals surface area contributed by atoms with Crippen LogP contribution in [0.2, 0.25) is 4.34 Å². The quantitative estimate of drug-likeness (QED) is 0.892.